The van der Waals surface area contributed by atoms with E-state index >= 15 is 0 Å². The molecule has 2 heterocycles. The van der Waals surface area contributed by atoms with E-state index in [9.17, 15) is 23.9 Å². The number of ether oxygens (including phenoxy) is 1. The quantitative estimate of drug-likeness (QED) is 0.599. The monoisotopic (exact) mass is 520 g/mol. The van der Waals surface area contributed by atoms with Gasteiger partial charge in [0.05, 0.1) is 11.3 Å². The molecule has 11 heteroatoms. The van der Waals surface area contributed by atoms with Gasteiger partial charge in [-0.1, -0.05) is 17.7 Å². The van der Waals surface area contributed by atoms with E-state index < -0.39 is 29.8 Å². The predicted molar refractivity (Wildman–Crippen MR) is 130 cm³/mol. The van der Waals surface area contributed by atoms with Gasteiger partial charge in [-0.3, -0.25) is 9.59 Å². The predicted octanol–water partition coefficient (Wildman–Crippen LogP) is 4.42. The second-order valence-electron chi connectivity index (χ2n) is 9.76. The lowest BCUT2D eigenvalue weighted by Crippen LogP contribution is -2.41. The van der Waals surface area contributed by atoms with Crippen LogP contribution < -0.4 is 0 Å². The van der Waals surface area contributed by atoms with Crippen LogP contribution in [0.2, 0.25) is 5.02 Å². The van der Waals surface area contributed by atoms with E-state index in [1.54, 1.807) is 11.8 Å². The van der Waals surface area contributed by atoms with Gasteiger partial charge in [0.25, 0.3) is 5.91 Å². The molecule has 0 atom stereocenters. The fraction of sp³-hybridized carbons (Fsp3) is 0.480. The Hall–Kier alpha value is -3.27. The van der Waals surface area contributed by atoms with Gasteiger partial charge in [-0.25, -0.2) is 19.2 Å². The van der Waals surface area contributed by atoms with Crippen molar-refractivity contribution in [3.05, 3.63) is 57.9 Å². The van der Waals surface area contributed by atoms with Crippen molar-refractivity contribution < 1.29 is 28.6 Å². The second-order valence-corrected chi connectivity index (χ2v) is 10.2. The van der Waals surface area contributed by atoms with E-state index in [2.05, 4.69) is 9.97 Å². The van der Waals surface area contributed by atoms with Gasteiger partial charge in [0.1, 0.15) is 23.8 Å². The van der Waals surface area contributed by atoms with E-state index in [1.165, 1.54) is 18.3 Å². The number of piperidine rings is 1. The third kappa shape index (κ3) is 7.13. The largest absolute Gasteiger partial charge is 0.480 e. The summed E-state index contributed by atoms with van der Waals surface area (Å²) in [5.41, 5.74) is 0.441. The molecule has 1 aliphatic rings. The average Bonchev–Trinajstić information content (AvgIpc) is 2.78. The summed E-state index contributed by atoms with van der Waals surface area (Å²) in [6, 6.07) is 3.72. The number of aryl methyl sites for hydroxylation is 1. The highest BCUT2D eigenvalue weighted by molar-refractivity contribution is 6.31. The highest BCUT2D eigenvalue weighted by Gasteiger charge is 2.29. The third-order valence-corrected chi connectivity index (χ3v) is 6.08. The van der Waals surface area contributed by atoms with Crippen LogP contribution in [0.5, 0.6) is 0 Å². The van der Waals surface area contributed by atoms with E-state index in [0.717, 1.165) is 11.0 Å². The number of hydrogen-bond acceptors (Lipinski definition) is 6. The van der Waals surface area contributed by atoms with Gasteiger partial charge < -0.3 is 19.6 Å². The number of nitrogens with zero attached hydrogens (tertiary/aromatic N) is 4. The smallest absolute Gasteiger partial charge is 0.410 e. The fourth-order valence-corrected chi connectivity index (χ4v) is 4.15. The summed E-state index contributed by atoms with van der Waals surface area (Å²) < 4.78 is 18.8. The van der Waals surface area contributed by atoms with Crippen molar-refractivity contribution in [1.82, 2.24) is 19.8 Å². The Morgan fingerprint density at radius 2 is 1.92 bits per heavy atom. The van der Waals surface area contributed by atoms with Crippen LogP contribution in [0, 0.1) is 12.7 Å². The minimum absolute atomic E-state index is 0.0136. The number of hydrogen-bond donors (Lipinski definition) is 1. The van der Waals surface area contributed by atoms with Crippen LogP contribution in [0.25, 0.3) is 0 Å². The Bertz CT molecular complexity index is 1150. The van der Waals surface area contributed by atoms with Gasteiger partial charge in [-0.05, 0) is 58.2 Å². The zero-order valence-corrected chi connectivity index (χ0v) is 21.5. The number of carboxylic acids is 1. The van der Waals surface area contributed by atoms with Gasteiger partial charge in [-0.2, -0.15) is 0 Å². The summed E-state index contributed by atoms with van der Waals surface area (Å²) in [5, 5.41) is 9.42. The molecule has 1 N–H and O–H groups in total. The number of amides is 2. The molecule has 1 saturated heterocycles. The number of likely N-dealkylation sites (tertiary alicyclic amines) is 1. The maximum absolute atomic E-state index is 13.4. The molecule has 3 rings (SSSR count). The standard InChI is InChI=1S/C25H30ClFN4O5/c1-15-19(23(34)31(14-21(32)33)13-17-5-6-18(27)11-20(17)26)12-28-22(29-15)16-7-9-30(10-8-16)24(35)36-25(2,3)4/h5-6,11-12,16H,7-10,13-14H2,1-4H3,(H,32,33). The van der Waals surface area contributed by atoms with Crippen LogP contribution in [0.3, 0.4) is 0 Å². The number of carboxylic acid groups (broad SMARTS) is 1. The maximum atomic E-state index is 13.4. The summed E-state index contributed by atoms with van der Waals surface area (Å²) in [4.78, 5) is 48.6. The van der Waals surface area contributed by atoms with E-state index in [1.807, 2.05) is 20.8 Å². The second kappa shape index (κ2) is 11.2. The Labute approximate surface area is 214 Å². The third-order valence-electron chi connectivity index (χ3n) is 5.73. The van der Waals surface area contributed by atoms with Crippen LogP contribution in [0.4, 0.5) is 9.18 Å². The summed E-state index contributed by atoms with van der Waals surface area (Å²) in [7, 11) is 0. The summed E-state index contributed by atoms with van der Waals surface area (Å²) in [5.74, 6) is -1.72. The van der Waals surface area contributed by atoms with Crippen LogP contribution in [0.1, 0.15) is 67.0 Å². The average molecular weight is 521 g/mol. The topological polar surface area (TPSA) is 113 Å². The minimum atomic E-state index is -1.20. The van der Waals surface area contributed by atoms with Crippen LogP contribution in [-0.2, 0) is 16.1 Å². The van der Waals surface area contributed by atoms with Crippen molar-refractivity contribution >= 4 is 29.6 Å². The highest BCUT2D eigenvalue weighted by atomic mass is 35.5. The van der Waals surface area contributed by atoms with E-state index in [-0.39, 0.29) is 29.1 Å². The van der Waals surface area contributed by atoms with Crippen molar-refractivity contribution in [2.75, 3.05) is 19.6 Å². The van der Waals surface area contributed by atoms with Crippen molar-refractivity contribution in [2.24, 2.45) is 0 Å². The summed E-state index contributed by atoms with van der Waals surface area (Å²) in [6.07, 6.45) is 2.36. The Morgan fingerprint density at radius 1 is 1.25 bits per heavy atom. The van der Waals surface area contributed by atoms with Gasteiger partial charge in [-0.15, -0.1) is 0 Å². The molecule has 0 radical (unpaired) electrons. The summed E-state index contributed by atoms with van der Waals surface area (Å²) >= 11 is 6.08. The molecule has 0 saturated carbocycles. The molecule has 9 nitrogen and oxygen atoms in total. The van der Waals surface area contributed by atoms with E-state index in [0.29, 0.717) is 43.0 Å². The van der Waals surface area contributed by atoms with Gasteiger partial charge in [0, 0.05) is 36.8 Å². The molecule has 36 heavy (non-hydrogen) atoms. The number of aromatic nitrogens is 2. The molecule has 1 aliphatic heterocycles. The van der Waals surface area contributed by atoms with Gasteiger partial charge in [0.15, 0.2) is 0 Å². The zero-order valence-electron chi connectivity index (χ0n) is 20.8. The van der Waals surface area contributed by atoms with E-state index in [4.69, 9.17) is 16.3 Å². The molecule has 0 aliphatic carbocycles. The normalized spacial score (nSPS) is 14.4. The molecule has 0 unspecified atom stereocenters. The lowest BCUT2D eigenvalue weighted by molar-refractivity contribution is -0.137. The Morgan fingerprint density at radius 3 is 2.47 bits per heavy atom. The van der Waals surface area contributed by atoms with Crippen molar-refractivity contribution in [1.29, 1.82) is 0 Å². The van der Waals surface area contributed by atoms with Crippen LogP contribution in [0.15, 0.2) is 24.4 Å². The van der Waals surface area contributed by atoms with Crippen LogP contribution >= 0.6 is 11.6 Å². The maximum Gasteiger partial charge on any atom is 0.410 e. The molecule has 1 fully saturated rings. The lowest BCUT2D eigenvalue weighted by atomic mass is 9.96. The molecule has 194 valence electrons. The number of halogens is 2. The van der Waals surface area contributed by atoms with Crippen molar-refractivity contribution in [2.45, 2.75) is 58.6 Å². The Balaban J connectivity index is 1.71. The van der Waals surface area contributed by atoms with Gasteiger partial charge in [0.2, 0.25) is 0 Å². The first kappa shape index (κ1) is 27.3. The first-order chi connectivity index (χ1) is 16.8. The first-order valence-corrected chi connectivity index (χ1v) is 12.0. The molecule has 0 bridgehead atoms. The number of carbonyl (C=O) groups excluding carboxylic acids is 2. The molecular formula is C25H30ClFN4O5. The van der Waals surface area contributed by atoms with Crippen molar-refractivity contribution in [3.63, 3.8) is 0 Å². The first-order valence-electron chi connectivity index (χ1n) is 11.6. The number of rotatable bonds is 6. The SMILES string of the molecule is Cc1nc(C2CCN(C(=O)OC(C)(C)C)CC2)ncc1C(=O)N(CC(=O)O)Cc1ccc(F)cc1Cl. The van der Waals surface area contributed by atoms with Crippen LogP contribution in [-0.4, -0.2) is 68.1 Å². The number of benzene rings is 1. The molecule has 2 amide bonds. The van der Waals surface area contributed by atoms with Gasteiger partial charge >= 0.3 is 12.1 Å². The van der Waals surface area contributed by atoms with Crippen molar-refractivity contribution in [3.8, 4) is 0 Å². The molecular weight excluding hydrogens is 491 g/mol. The minimum Gasteiger partial charge on any atom is -0.480 e. The lowest BCUT2D eigenvalue weighted by Gasteiger charge is -2.33. The number of aliphatic carboxylic acids is 1. The molecule has 1 aromatic carbocycles. The molecule has 2 aromatic rings. The molecule has 0 spiro atoms. The fourth-order valence-electron chi connectivity index (χ4n) is 3.93. The molecule has 1 aromatic heterocycles. The summed E-state index contributed by atoms with van der Waals surface area (Å²) in [6.45, 7) is 7.46. The highest BCUT2D eigenvalue weighted by Crippen LogP contribution is 2.27. The zero-order chi connectivity index (χ0) is 26.6. The number of carbonyl (C=O) groups is 3. The Kier molecular flexibility index (Phi) is 8.50.